The van der Waals surface area contributed by atoms with Crippen molar-refractivity contribution in [2.24, 2.45) is 5.73 Å². The van der Waals surface area contributed by atoms with Gasteiger partial charge in [0.15, 0.2) is 5.16 Å². The highest BCUT2D eigenvalue weighted by Crippen LogP contribution is 2.19. The van der Waals surface area contributed by atoms with Gasteiger partial charge in [-0.25, -0.2) is 0 Å². The van der Waals surface area contributed by atoms with Crippen LogP contribution in [0.1, 0.15) is 17.2 Å². The van der Waals surface area contributed by atoms with E-state index >= 15 is 0 Å². The molecular weight excluding hydrogens is 310 g/mol. The zero-order valence-corrected chi connectivity index (χ0v) is 13.8. The molecule has 3 aromatic rings. The summed E-state index contributed by atoms with van der Waals surface area (Å²) >= 11 is 1.67. The largest absolute Gasteiger partial charge is 0.324 e. The van der Waals surface area contributed by atoms with Gasteiger partial charge in [0.05, 0.1) is 13.1 Å². The van der Waals surface area contributed by atoms with E-state index in [2.05, 4.69) is 37.1 Å². The highest BCUT2D eigenvalue weighted by atomic mass is 32.2. The van der Waals surface area contributed by atoms with Gasteiger partial charge in [0.1, 0.15) is 18.0 Å². The SMILES string of the molecule is Cc1nncn1CCSc1nnc(CN)n1Cc1ccccc1. The lowest BCUT2D eigenvalue weighted by molar-refractivity contribution is 0.664. The molecular formula is C15H19N7S. The van der Waals surface area contributed by atoms with Gasteiger partial charge in [-0.05, 0) is 12.5 Å². The molecule has 0 fully saturated rings. The molecule has 0 amide bonds. The molecule has 3 rings (SSSR count). The molecule has 8 heteroatoms. The Balaban J connectivity index is 1.69. The van der Waals surface area contributed by atoms with Crippen molar-refractivity contribution in [2.75, 3.05) is 5.75 Å². The Bertz CT molecular complexity index is 750. The van der Waals surface area contributed by atoms with E-state index in [4.69, 9.17) is 5.73 Å². The maximum Gasteiger partial charge on any atom is 0.191 e. The number of hydrogen-bond acceptors (Lipinski definition) is 6. The number of nitrogens with two attached hydrogens (primary N) is 1. The lowest BCUT2D eigenvalue weighted by atomic mass is 10.2. The molecule has 0 aliphatic rings. The van der Waals surface area contributed by atoms with E-state index in [9.17, 15) is 0 Å². The number of thioether (sulfide) groups is 1. The van der Waals surface area contributed by atoms with Gasteiger partial charge in [0.2, 0.25) is 0 Å². The minimum absolute atomic E-state index is 0.380. The molecule has 2 aromatic heterocycles. The number of aryl methyl sites for hydroxylation is 2. The second-order valence-corrected chi connectivity index (χ2v) is 6.16. The molecule has 0 spiro atoms. The molecule has 1 aromatic carbocycles. The van der Waals surface area contributed by atoms with Crippen molar-refractivity contribution in [1.82, 2.24) is 29.5 Å². The van der Waals surface area contributed by atoms with Gasteiger partial charge in [0.25, 0.3) is 0 Å². The fourth-order valence-electron chi connectivity index (χ4n) is 2.27. The monoisotopic (exact) mass is 329 g/mol. The van der Waals surface area contributed by atoms with Crippen molar-refractivity contribution < 1.29 is 0 Å². The fraction of sp³-hybridized carbons (Fsp3) is 0.333. The van der Waals surface area contributed by atoms with Crippen LogP contribution in [-0.4, -0.2) is 35.3 Å². The predicted molar refractivity (Wildman–Crippen MR) is 88.9 cm³/mol. The summed E-state index contributed by atoms with van der Waals surface area (Å²) in [5.41, 5.74) is 7.00. The molecule has 0 bridgehead atoms. The molecule has 0 saturated heterocycles. The third-order valence-corrected chi connectivity index (χ3v) is 4.48. The molecule has 23 heavy (non-hydrogen) atoms. The van der Waals surface area contributed by atoms with Crippen LogP contribution >= 0.6 is 11.8 Å². The van der Waals surface area contributed by atoms with Gasteiger partial charge in [-0.1, -0.05) is 42.1 Å². The third-order valence-electron chi connectivity index (χ3n) is 3.53. The van der Waals surface area contributed by atoms with E-state index in [0.717, 1.165) is 35.6 Å². The predicted octanol–water partition coefficient (Wildman–Crippen LogP) is 1.48. The summed E-state index contributed by atoms with van der Waals surface area (Å²) in [5, 5.41) is 17.2. The Kier molecular flexibility index (Phi) is 5.04. The molecule has 7 nitrogen and oxygen atoms in total. The molecule has 0 saturated carbocycles. The van der Waals surface area contributed by atoms with Gasteiger partial charge < -0.3 is 14.9 Å². The summed E-state index contributed by atoms with van der Waals surface area (Å²) in [5.74, 6) is 2.59. The van der Waals surface area contributed by atoms with Crippen molar-refractivity contribution in [2.45, 2.75) is 31.7 Å². The number of nitrogens with zero attached hydrogens (tertiary/aromatic N) is 6. The Hall–Kier alpha value is -2.19. The maximum atomic E-state index is 5.79. The smallest absolute Gasteiger partial charge is 0.191 e. The quantitative estimate of drug-likeness (QED) is 0.661. The molecule has 2 heterocycles. The average molecular weight is 329 g/mol. The molecule has 2 N–H and O–H groups in total. The molecule has 0 unspecified atom stereocenters. The molecule has 0 radical (unpaired) electrons. The van der Waals surface area contributed by atoms with Gasteiger partial charge in [-0.2, -0.15) is 0 Å². The Labute approximate surface area is 138 Å². The summed E-state index contributed by atoms with van der Waals surface area (Å²) in [6.45, 7) is 3.89. The maximum absolute atomic E-state index is 5.79. The number of aromatic nitrogens is 6. The lowest BCUT2D eigenvalue weighted by Gasteiger charge is -2.09. The topological polar surface area (TPSA) is 87.4 Å². The van der Waals surface area contributed by atoms with Gasteiger partial charge in [0, 0.05) is 12.3 Å². The van der Waals surface area contributed by atoms with Crippen molar-refractivity contribution in [3.63, 3.8) is 0 Å². The van der Waals surface area contributed by atoms with Gasteiger partial charge in [-0.3, -0.25) is 0 Å². The van der Waals surface area contributed by atoms with Crippen LogP contribution in [0, 0.1) is 6.92 Å². The van der Waals surface area contributed by atoms with E-state index < -0.39 is 0 Å². The van der Waals surface area contributed by atoms with Crippen molar-refractivity contribution in [1.29, 1.82) is 0 Å². The van der Waals surface area contributed by atoms with E-state index in [1.54, 1.807) is 18.1 Å². The minimum atomic E-state index is 0.380. The summed E-state index contributed by atoms with van der Waals surface area (Å²) in [7, 11) is 0. The normalized spacial score (nSPS) is 11.0. The van der Waals surface area contributed by atoms with Crippen LogP contribution < -0.4 is 5.73 Å². The second-order valence-electron chi connectivity index (χ2n) is 5.09. The Morgan fingerprint density at radius 2 is 1.96 bits per heavy atom. The second kappa shape index (κ2) is 7.38. The standard InChI is InChI=1S/C15H19N7S/c1-12-18-17-11-21(12)7-8-23-15-20-19-14(9-16)22(15)10-13-5-3-2-4-6-13/h2-6,11H,7-10,16H2,1H3. The number of hydrogen-bond donors (Lipinski definition) is 1. The van der Waals surface area contributed by atoms with E-state index in [-0.39, 0.29) is 0 Å². The molecule has 120 valence electrons. The number of benzene rings is 1. The molecule has 0 atom stereocenters. The zero-order chi connectivity index (χ0) is 16.1. The molecule has 0 aliphatic heterocycles. The van der Waals surface area contributed by atoms with Crippen molar-refractivity contribution in [3.05, 3.63) is 53.9 Å². The fourth-order valence-corrected chi connectivity index (χ4v) is 3.16. The van der Waals surface area contributed by atoms with Crippen molar-refractivity contribution in [3.8, 4) is 0 Å². The summed E-state index contributed by atoms with van der Waals surface area (Å²) in [6, 6.07) is 10.3. The van der Waals surface area contributed by atoms with Crippen LogP contribution in [-0.2, 0) is 19.6 Å². The first-order valence-corrected chi connectivity index (χ1v) is 8.39. The van der Waals surface area contributed by atoms with Gasteiger partial charge in [-0.15, -0.1) is 20.4 Å². The third kappa shape index (κ3) is 3.77. The molecule has 0 aliphatic carbocycles. The summed E-state index contributed by atoms with van der Waals surface area (Å²) < 4.78 is 4.10. The first-order valence-electron chi connectivity index (χ1n) is 7.41. The van der Waals surface area contributed by atoms with Crippen LogP contribution in [0.4, 0.5) is 0 Å². The highest BCUT2D eigenvalue weighted by Gasteiger charge is 2.12. The Morgan fingerprint density at radius 3 is 2.65 bits per heavy atom. The van der Waals surface area contributed by atoms with Gasteiger partial charge >= 0.3 is 0 Å². The van der Waals surface area contributed by atoms with Crippen LogP contribution in [0.25, 0.3) is 0 Å². The first kappa shape index (κ1) is 15.7. The minimum Gasteiger partial charge on any atom is -0.324 e. The highest BCUT2D eigenvalue weighted by molar-refractivity contribution is 7.99. The average Bonchev–Trinajstić information content (AvgIpc) is 3.15. The van der Waals surface area contributed by atoms with Crippen LogP contribution in [0.2, 0.25) is 0 Å². The Morgan fingerprint density at radius 1 is 1.13 bits per heavy atom. The van der Waals surface area contributed by atoms with Crippen molar-refractivity contribution >= 4 is 11.8 Å². The number of rotatable bonds is 7. The van der Waals surface area contributed by atoms with Crippen LogP contribution in [0.15, 0.2) is 41.8 Å². The lowest BCUT2D eigenvalue weighted by Crippen LogP contribution is -2.11. The van der Waals surface area contributed by atoms with E-state index in [0.29, 0.717) is 6.54 Å². The van der Waals surface area contributed by atoms with Crippen LogP contribution in [0.5, 0.6) is 0 Å². The van der Waals surface area contributed by atoms with Crippen LogP contribution in [0.3, 0.4) is 0 Å². The van der Waals surface area contributed by atoms with E-state index in [1.165, 1.54) is 5.56 Å². The first-order chi connectivity index (χ1) is 11.3. The summed E-state index contributed by atoms with van der Waals surface area (Å²) in [6.07, 6.45) is 1.75. The summed E-state index contributed by atoms with van der Waals surface area (Å²) in [4.78, 5) is 0. The zero-order valence-electron chi connectivity index (χ0n) is 13.0. The van der Waals surface area contributed by atoms with E-state index in [1.807, 2.05) is 29.7 Å².